The fourth-order valence-corrected chi connectivity index (χ4v) is 2.85. The average Bonchev–Trinajstić information content (AvgIpc) is 2.54. The van der Waals surface area contributed by atoms with Gasteiger partial charge in [0, 0.05) is 23.5 Å². The third kappa shape index (κ3) is 6.91. The van der Waals surface area contributed by atoms with Crippen molar-refractivity contribution in [2.45, 2.75) is 54.4 Å². The summed E-state index contributed by atoms with van der Waals surface area (Å²) in [6, 6.07) is 12.4. The van der Waals surface area contributed by atoms with Gasteiger partial charge in [-0.2, -0.15) is 0 Å². The van der Waals surface area contributed by atoms with Gasteiger partial charge in [0.1, 0.15) is 6.33 Å². The molecule has 0 aliphatic rings. The van der Waals surface area contributed by atoms with Crippen LogP contribution in [0.1, 0.15) is 52.8 Å². The first-order chi connectivity index (χ1) is 12.1. The van der Waals surface area contributed by atoms with Crippen LogP contribution in [0.3, 0.4) is 0 Å². The second-order valence-corrected chi connectivity index (χ2v) is 9.16. The molecule has 138 valence electrons. The Labute approximate surface area is 157 Å². The summed E-state index contributed by atoms with van der Waals surface area (Å²) in [5, 5.41) is 1.29. The van der Waals surface area contributed by atoms with E-state index in [1.54, 1.807) is 12.5 Å². The molecule has 0 N–H and O–H groups in total. The van der Waals surface area contributed by atoms with Crippen LogP contribution >= 0.6 is 0 Å². The fraction of sp³-hybridized carbons (Fsp3) is 0.435. The van der Waals surface area contributed by atoms with Crippen LogP contribution in [0.4, 0.5) is 0 Å². The van der Waals surface area contributed by atoms with E-state index in [9.17, 15) is 0 Å². The molecule has 0 saturated heterocycles. The van der Waals surface area contributed by atoms with Gasteiger partial charge in [0.05, 0.1) is 5.52 Å². The molecule has 0 atom stereocenters. The number of pyridine rings is 1. The second-order valence-electron chi connectivity index (χ2n) is 9.16. The lowest BCUT2D eigenvalue weighted by atomic mass is 9.87. The molecule has 0 amide bonds. The number of hydrogen-bond acceptors (Lipinski definition) is 3. The lowest BCUT2D eigenvalue weighted by molar-refractivity contribution is 0.406. The number of nitrogens with zero attached hydrogens (tertiary/aromatic N) is 3. The summed E-state index contributed by atoms with van der Waals surface area (Å²) in [5.74, 6) is 0. The van der Waals surface area contributed by atoms with Crippen LogP contribution in [0, 0.1) is 10.8 Å². The summed E-state index contributed by atoms with van der Waals surface area (Å²) < 4.78 is 0. The number of hydrogen-bond donors (Lipinski definition) is 0. The summed E-state index contributed by atoms with van der Waals surface area (Å²) >= 11 is 0. The van der Waals surface area contributed by atoms with Crippen molar-refractivity contribution in [3.05, 3.63) is 66.4 Å². The van der Waals surface area contributed by atoms with E-state index in [0.29, 0.717) is 10.8 Å². The third-order valence-corrected chi connectivity index (χ3v) is 3.81. The number of para-hydroxylation sites is 1. The van der Waals surface area contributed by atoms with Crippen LogP contribution in [-0.2, 0) is 12.8 Å². The highest BCUT2D eigenvalue weighted by Gasteiger charge is 2.13. The summed E-state index contributed by atoms with van der Waals surface area (Å²) in [6.45, 7) is 13.4. The second kappa shape index (κ2) is 8.39. The topological polar surface area (TPSA) is 38.7 Å². The Hall–Kier alpha value is -2.29. The van der Waals surface area contributed by atoms with Gasteiger partial charge in [-0.15, -0.1) is 0 Å². The molecule has 0 unspecified atom stereocenters. The highest BCUT2D eigenvalue weighted by Crippen LogP contribution is 2.25. The van der Waals surface area contributed by atoms with E-state index < -0.39 is 0 Å². The first-order valence-corrected chi connectivity index (χ1v) is 9.22. The molecule has 2 heterocycles. The van der Waals surface area contributed by atoms with Crippen LogP contribution in [0.25, 0.3) is 10.9 Å². The fourth-order valence-electron chi connectivity index (χ4n) is 2.85. The zero-order chi connectivity index (χ0) is 19.2. The Kier molecular flexibility index (Phi) is 6.47. The minimum absolute atomic E-state index is 0.314. The quantitative estimate of drug-likeness (QED) is 0.579. The Morgan fingerprint density at radius 3 is 2.04 bits per heavy atom. The van der Waals surface area contributed by atoms with Gasteiger partial charge in [0.15, 0.2) is 0 Å². The van der Waals surface area contributed by atoms with Crippen LogP contribution in [0.5, 0.6) is 0 Å². The van der Waals surface area contributed by atoms with Gasteiger partial charge in [0.2, 0.25) is 0 Å². The first-order valence-electron chi connectivity index (χ1n) is 9.22. The van der Waals surface area contributed by atoms with Crippen LogP contribution in [-0.4, -0.2) is 15.0 Å². The lowest BCUT2D eigenvalue weighted by Gasteiger charge is -2.19. The summed E-state index contributed by atoms with van der Waals surface area (Å²) in [6.07, 6.45) is 7.39. The smallest absolute Gasteiger partial charge is 0.115 e. The van der Waals surface area contributed by atoms with Crippen molar-refractivity contribution in [3.63, 3.8) is 0 Å². The largest absolute Gasteiger partial charge is 0.256 e. The molecular formula is C23H31N3. The van der Waals surface area contributed by atoms with E-state index in [-0.39, 0.29) is 0 Å². The molecule has 0 spiro atoms. The monoisotopic (exact) mass is 349 g/mol. The van der Waals surface area contributed by atoms with E-state index in [2.05, 4.69) is 80.8 Å². The van der Waals surface area contributed by atoms with Crippen LogP contribution in [0.15, 0.2) is 55.1 Å². The van der Waals surface area contributed by atoms with Gasteiger partial charge >= 0.3 is 0 Å². The maximum absolute atomic E-state index is 4.37. The molecule has 0 radical (unpaired) electrons. The maximum atomic E-state index is 4.37. The Bertz CT molecular complexity index is 807. The minimum Gasteiger partial charge on any atom is -0.256 e. The zero-order valence-corrected chi connectivity index (χ0v) is 17.0. The highest BCUT2D eigenvalue weighted by atomic mass is 14.8. The van der Waals surface area contributed by atoms with Crippen molar-refractivity contribution < 1.29 is 0 Å². The molecule has 3 heteroatoms. The number of benzene rings is 1. The Balaban J connectivity index is 0.000000197. The highest BCUT2D eigenvalue weighted by molar-refractivity contribution is 5.81. The van der Waals surface area contributed by atoms with Crippen molar-refractivity contribution in [2.24, 2.45) is 10.8 Å². The molecule has 3 nitrogen and oxygen atoms in total. The zero-order valence-electron chi connectivity index (χ0n) is 17.0. The summed E-state index contributed by atoms with van der Waals surface area (Å²) in [7, 11) is 0. The molecule has 0 bridgehead atoms. The van der Waals surface area contributed by atoms with Crippen molar-refractivity contribution in [2.75, 3.05) is 0 Å². The molecule has 3 aromatic rings. The van der Waals surface area contributed by atoms with Gasteiger partial charge in [-0.3, -0.25) is 4.98 Å². The molecule has 1 aromatic carbocycles. The summed E-state index contributed by atoms with van der Waals surface area (Å²) in [4.78, 5) is 12.4. The average molecular weight is 350 g/mol. The van der Waals surface area contributed by atoms with E-state index in [4.69, 9.17) is 0 Å². The minimum atomic E-state index is 0.314. The van der Waals surface area contributed by atoms with Crippen molar-refractivity contribution in [3.8, 4) is 0 Å². The maximum Gasteiger partial charge on any atom is 0.115 e. The molecule has 0 fully saturated rings. The molecule has 2 aromatic heterocycles. The molecule has 0 saturated carbocycles. The van der Waals surface area contributed by atoms with Gasteiger partial charge < -0.3 is 0 Å². The van der Waals surface area contributed by atoms with Crippen molar-refractivity contribution in [1.82, 2.24) is 15.0 Å². The molecule has 3 rings (SSSR count). The van der Waals surface area contributed by atoms with E-state index >= 15 is 0 Å². The summed E-state index contributed by atoms with van der Waals surface area (Å²) in [5.41, 5.74) is 4.25. The number of fused-ring (bicyclic) bond motifs is 1. The van der Waals surface area contributed by atoms with Crippen molar-refractivity contribution >= 4 is 10.9 Å². The van der Waals surface area contributed by atoms with E-state index in [1.165, 1.54) is 10.9 Å². The van der Waals surface area contributed by atoms with Crippen LogP contribution in [0.2, 0.25) is 0 Å². The number of rotatable bonds is 2. The van der Waals surface area contributed by atoms with Gasteiger partial charge in [0.25, 0.3) is 0 Å². The van der Waals surface area contributed by atoms with Crippen molar-refractivity contribution in [1.29, 1.82) is 0 Å². The molecule has 26 heavy (non-hydrogen) atoms. The Morgan fingerprint density at radius 1 is 0.731 bits per heavy atom. The van der Waals surface area contributed by atoms with Gasteiger partial charge in [-0.25, -0.2) is 9.97 Å². The van der Waals surface area contributed by atoms with Crippen LogP contribution < -0.4 is 0 Å². The molecule has 0 aliphatic heterocycles. The standard InChI is InChI=1S/C14H17N.C9H14N2/c1-14(2,3)10-11-8-9-15-13-7-5-4-6-12(11)13;1-9(2,3)6-8-4-5-10-7-11-8/h4-9H,10H2,1-3H3;4-5,7H,6H2,1-3H3. The first kappa shape index (κ1) is 20.0. The van der Waals surface area contributed by atoms with E-state index in [1.807, 2.05) is 18.3 Å². The Morgan fingerprint density at radius 2 is 1.42 bits per heavy atom. The van der Waals surface area contributed by atoms with Gasteiger partial charge in [-0.05, 0) is 47.4 Å². The molecular weight excluding hydrogens is 318 g/mol. The number of aromatic nitrogens is 3. The van der Waals surface area contributed by atoms with Gasteiger partial charge in [-0.1, -0.05) is 59.7 Å². The SMILES string of the molecule is CC(C)(C)Cc1ccnc2ccccc12.CC(C)(C)Cc1ccncn1. The molecule has 0 aliphatic carbocycles. The predicted octanol–water partition coefficient (Wildman–Crippen LogP) is 5.89. The lowest BCUT2D eigenvalue weighted by Crippen LogP contribution is -2.10. The van der Waals surface area contributed by atoms with E-state index in [0.717, 1.165) is 24.1 Å². The predicted molar refractivity (Wildman–Crippen MR) is 110 cm³/mol. The normalized spacial score (nSPS) is 11.8. The third-order valence-electron chi connectivity index (χ3n) is 3.81.